The number of aromatic nitrogens is 1. The minimum Gasteiger partial charge on any atom is -0.461 e. The molecule has 18 heavy (non-hydrogen) atoms. The first-order chi connectivity index (χ1) is 8.79. The van der Waals surface area contributed by atoms with Crippen molar-refractivity contribution < 1.29 is 9.53 Å². The lowest BCUT2D eigenvalue weighted by Gasteiger charge is -2.01. The first-order valence-electron chi connectivity index (χ1n) is 5.73. The zero-order valence-electron chi connectivity index (χ0n) is 9.84. The van der Waals surface area contributed by atoms with Crippen molar-refractivity contribution in [1.29, 1.82) is 0 Å². The molecule has 0 atom stereocenters. The molecule has 0 saturated carbocycles. The van der Waals surface area contributed by atoms with Gasteiger partial charge < -0.3 is 4.74 Å². The highest BCUT2D eigenvalue weighted by molar-refractivity contribution is 7.13. The van der Waals surface area contributed by atoms with Crippen LogP contribution in [0, 0.1) is 0 Å². The summed E-state index contributed by atoms with van der Waals surface area (Å²) in [5.74, 6) is -0.356. The maximum Gasteiger partial charge on any atom is 0.356 e. The quantitative estimate of drug-likeness (QED) is 0.659. The van der Waals surface area contributed by atoms with Gasteiger partial charge in [-0.15, -0.1) is 11.3 Å². The van der Waals surface area contributed by atoms with Crippen molar-refractivity contribution >= 4 is 28.1 Å². The molecule has 0 aliphatic carbocycles. The van der Waals surface area contributed by atoms with E-state index in [0.717, 1.165) is 21.3 Å². The molecule has 1 aromatic rings. The summed E-state index contributed by atoms with van der Waals surface area (Å²) in [7, 11) is 0. The van der Waals surface area contributed by atoms with Crippen LogP contribution in [0.4, 0.5) is 0 Å². The summed E-state index contributed by atoms with van der Waals surface area (Å²) in [5.41, 5.74) is 1.40. The highest BCUT2D eigenvalue weighted by Crippen LogP contribution is 2.34. The fourth-order valence-electron chi connectivity index (χ4n) is 1.96. The lowest BCUT2D eigenvalue weighted by atomic mass is 10.1. The zero-order valence-corrected chi connectivity index (χ0v) is 10.7. The monoisotopic (exact) mass is 257 g/mol. The standard InChI is InChI=1S/C14H11NO2S/c1-2-17-14(16)12-7-11-10-6-4-3-5-9(10)8-18-13(11)15-12/h3-8H,2H2,1H3. The molecule has 0 amide bonds. The lowest BCUT2D eigenvalue weighted by Crippen LogP contribution is -2.04. The SMILES string of the molecule is CCOC(=O)c1cc2c3ccccc3csc-2n1. The van der Waals surface area contributed by atoms with Crippen LogP contribution in [-0.2, 0) is 4.74 Å². The van der Waals surface area contributed by atoms with Gasteiger partial charge in [0.25, 0.3) is 0 Å². The van der Waals surface area contributed by atoms with Gasteiger partial charge in [0.15, 0.2) is 5.69 Å². The van der Waals surface area contributed by atoms with Crippen molar-refractivity contribution in [2.45, 2.75) is 6.92 Å². The second kappa shape index (κ2) is 4.38. The first kappa shape index (κ1) is 11.2. The third-order valence-corrected chi connectivity index (χ3v) is 3.67. The Morgan fingerprint density at radius 2 is 2.22 bits per heavy atom. The molecule has 2 aliphatic heterocycles. The minimum absolute atomic E-state index is 0.356. The van der Waals surface area contributed by atoms with E-state index in [9.17, 15) is 4.79 Å². The Hall–Kier alpha value is -1.94. The molecular weight excluding hydrogens is 246 g/mol. The fraction of sp³-hybridized carbons (Fsp3) is 0.143. The van der Waals surface area contributed by atoms with E-state index in [0.29, 0.717) is 12.3 Å². The van der Waals surface area contributed by atoms with E-state index in [-0.39, 0.29) is 5.97 Å². The van der Waals surface area contributed by atoms with E-state index in [1.165, 1.54) is 0 Å². The maximum atomic E-state index is 11.7. The Kier molecular flexibility index (Phi) is 2.72. The van der Waals surface area contributed by atoms with Gasteiger partial charge in [0.05, 0.1) is 6.61 Å². The lowest BCUT2D eigenvalue weighted by molar-refractivity contribution is 0.0520. The number of fused-ring (bicyclic) bond motifs is 3. The highest BCUT2D eigenvalue weighted by atomic mass is 32.1. The van der Waals surface area contributed by atoms with Crippen LogP contribution in [0.5, 0.6) is 0 Å². The van der Waals surface area contributed by atoms with E-state index in [2.05, 4.69) is 16.4 Å². The van der Waals surface area contributed by atoms with Crippen LogP contribution in [0.2, 0.25) is 0 Å². The summed E-state index contributed by atoms with van der Waals surface area (Å²) >= 11 is 1.54. The maximum absolute atomic E-state index is 11.7. The van der Waals surface area contributed by atoms with Crippen LogP contribution in [-0.4, -0.2) is 17.6 Å². The number of benzene rings is 1. The molecule has 0 spiro atoms. The predicted molar refractivity (Wildman–Crippen MR) is 72.2 cm³/mol. The Labute approximate surface area is 108 Å². The molecule has 1 aromatic carbocycles. The highest BCUT2D eigenvalue weighted by Gasteiger charge is 2.17. The van der Waals surface area contributed by atoms with Crippen molar-refractivity contribution in [2.75, 3.05) is 6.61 Å². The molecule has 0 N–H and O–H groups in total. The Balaban J connectivity index is 2.20. The second-order valence-corrected chi connectivity index (χ2v) is 4.76. The molecule has 2 aliphatic rings. The van der Waals surface area contributed by atoms with E-state index < -0.39 is 0 Å². The van der Waals surface area contributed by atoms with E-state index >= 15 is 0 Å². The van der Waals surface area contributed by atoms with Gasteiger partial charge in [-0.1, -0.05) is 24.3 Å². The van der Waals surface area contributed by atoms with Gasteiger partial charge in [-0.2, -0.15) is 0 Å². The van der Waals surface area contributed by atoms with Crippen LogP contribution >= 0.6 is 11.3 Å². The third kappa shape index (κ3) is 1.75. The molecule has 0 radical (unpaired) electrons. The van der Waals surface area contributed by atoms with E-state index in [1.807, 2.05) is 24.3 Å². The van der Waals surface area contributed by atoms with Gasteiger partial charge in [-0.05, 0) is 23.8 Å². The van der Waals surface area contributed by atoms with Crippen molar-refractivity contribution in [3.8, 4) is 10.6 Å². The number of carbonyl (C=O) groups is 1. The van der Waals surface area contributed by atoms with Crippen LogP contribution in [0.15, 0.2) is 35.7 Å². The molecule has 0 saturated heterocycles. The van der Waals surface area contributed by atoms with Gasteiger partial charge in [0.1, 0.15) is 5.01 Å². The smallest absolute Gasteiger partial charge is 0.356 e. The average molecular weight is 257 g/mol. The number of hydrogen-bond donors (Lipinski definition) is 0. The van der Waals surface area contributed by atoms with Gasteiger partial charge in [0.2, 0.25) is 0 Å². The number of nitrogens with zero attached hydrogens (tertiary/aromatic N) is 1. The number of carbonyl (C=O) groups excluding carboxylic acids is 1. The van der Waals surface area contributed by atoms with Crippen molar-refractivity contribution in [3.05, 3.63) is 41.4 Å². The molecule has 0 unspecified atom stereocenters. The van der Waals surface area contributed by atoms with Gasteiger partial charge in [-0.25, -0.2) is 9.78 Å². The molecule has 0 aromatic heterocycles. The molecule has 90 valence electrons. The largest absolute Gasteiger partial charge is 0.461 e. The van der Waals surface area contributed by atoms with Crippen molar-refractivity contribution in [1.82, 2.24) is 4.98 Å². The average Bonchev–Trinajstić information content (AvgIpc) is 2.83. The zero-order chi connectivity index (χ0) is 12.5. The van der Waals surface area contributed by atoms with Gasteiger partial charge in [-0.3, -0.25) is 0 Å². The molecular formula is C14H11NO2S. The van der Waals surface area contributed by atoms with Crippen LogP contribution in [0.3, 0.4) is 0 Å². The number of ether oxygens (including phenoxy) is 1. The van der Waals surface area contributed by atoms with Crippen LogP contribution in [0.1, 0.15) is 17.4 Å². The summed E-state index contributed by atoms with van der Waals surface area (Å²) in [6.45, 7) is 2.16. The summed E-state index contributed by atoms with van der Waals surface area (Å²) in [4.78, 5) is 16.0. The van der Waals surface area contributed by atoms with Crippen LogP contribution in [0.25, 0.3) is 21.3 Å². The second-order valence-electron chi connectivity index (χ2n) is 3.90. The van der Waals surface area contributed by atoms with Crippen molar-refractivity contribution in [2.24, 2.45) is 0 Å². The van der Waals surface area contributed by atoms with E-state index in [1.54, 1.807) is 18.3 Å². The van der Waals surface area contributed by atoms with E-state index in [4.69, 9.17) is 4.74 Å². The molecule has 0 fully saturated rings. The number of esters is 1. The minimum atomic E-state index is -0.356. The summed E-state index contributed by atoms with van der Waals surface area (Å²) < 4.78 is 4.97. The molecule has 4 heteroatoms. The van der Waals surface area contributed by atoms with Crippen molar-refractivity contribution in [3.63, 3.8) is 0 Å². The number of rotatable bonds is 2. The summed E-state index contributed by atoms with van der Waals surface area (Å²) in [6, 6.07) is 9.91. The Morgan fingerprint density at radius 1 is 1.39 bits per heavy atom. The Morgan fingerprint density at radius 3 is 3.06 bits per heavy atom. The van der Waals surface area contributed by atoms with Gasteiger partial charge in [0, 0.05) is 10.9 Å². The first-order valence-corrected chi connectivity index (χ1v) is 6.61. The summed E-state index contributed by atoms with van der Waals surface area (Å²) in [6.07, 6.45) is 0. The summed E-state index contributed by atoms with van der Waals surface area (Å²) in [5, 5.41) is 5.21. The molecule has 3 rings (SSSR count). The third-order valence-electron chi connectivity index (χ3n) is 2.77. The number of hydrogen-bond acceptors (Lipinski definition) is 4. The fourth-order valence-corrected chi connectivity index (χ4v) is 2.85. The molecule has 3 nitrogen and oxygen atoms in total. The predicted octanol–water partition coefficient (Wildman–Crippen LogP) is 3.58. The normalized spacial score (nSPS) is 10.9. The van der Waals surface area contributed by atoms with Gasteiger partial charge >= 0.3 is 5.97 Å². The molecule has 0 bridgehead atoms. The molecule has 2 heterocycles. The topological polar surface area (TPSA) is 39.2 Å². The van der Waals surface area contributed by atoms with Crippen LogP contribution < -0.4 is 0 Å². The Bertz CT molecular complexity index is 689.